The van der Waals surface area contributed by atoms with Crippen LogP contribution in [0.25, 0.3) is 22.4 Å². The number of carbonyl (C=O) groups is 2. The fourth-order valence-electron chi connectivity index (χ4n) is 5.18. The molecule has 2 saturated heterocycles. The van der Waals surface area contributed by atoms with Gasteiger partial charge in [0.25, 0.3) is 5.71 Å². The van der Waals surface area contributed by atoms with Crippen LogP contribution in [-0.2, 0) is 14.3 Å². The molecule has 10 heteroatoms. The Hall–Kier alpha value is -3.69. The number of aromatic nitrogens is 3. The second kappa shape index (κ2) is 10.5. The van der Waals surface area contributed by atoms with Crippen LogP contribution in [-0.4, -0.2) is 71.8 Å². The molecule has 0 radical (unpaired) electrons. The van der Waals surface area contributed by atoms with E-state index < -0.39 is 0 Å². The number of fused-ring (bicyclic) bond motifs is 1. The van der Waals surface area contributed by atoms with Crippen LogP contribution in [0.5, 0.6) is 5.75 Å². The maximum absolute atomic E-state index is 13.3. The Labute approximate surface area is 209 Å². The van der Waals surface area contributed by atoms with E-state index in [4.69, 9.17) is 14.0 Å². The van der Waals surface area contributed by atoms with Gasteiger partial charge in [0.1, 0.15) is 29.0 Å². The topological polar surface area (TPSA) is 111 Å². The number of ether oxygens (including phenoxy) is 2. The van der Waals surface area contributed by atoms with Gasteiger partial charge in [-0.05, 0) is 56.9 Å². The summed E-state index contributed by atoms with van der Waals surface area (Å²) in [5.74, 6) is 1.18. The van der Waals surface area contributed by atoms with E-state index in [9.17, 15) is 9.59 Å². The van der Waals surface area contributed by atoms with Gasteiger partial charge in [-0.2, -0.15) is 4.98 Å². The molecular formula is C26H31N5O5. The van der Waals surface area contributed by atoms with Gasteiger partial charge in [-0.15, -0.1) is 0 Å². The Balaban J connectivity index is 1.29. The van der Waals surface area contributed by atoms with Crippen molar-refractivity contribution in [3.63, 3.8) is 0 Å². The number of benzene rings is 1. The molecule has 1 aromatic carbocycles. The normalized spacial score (nSPS) is 18.9. The lowest BCUT2D eigenvalue weighted by Gasteiger charge is -2.37. The zero-order valence-corrected chi connectivity index (χ0v) is 20.7. The van der Waals surface area contributed by atoms with Crippen LogP contribution >= 0.6 is 0 Å². The van der Waals surface area contributed by atoms with Gasteiger partial charge in [0, 0.05) is 37.7 Å². The Bertz CT molecular complexity index is 1220. The minimum absolute atomic E-state index is 0.0666. The van der Waals surface area contributed by atoms with E-state index in [1.807, 2.05) is 36.1 Å². The molecular weight excluding hydrogens is 462 g/mol. The summed E-state index contributed by atoms with van der Waals surface area (Å²) in [6, 6.07) is 7.62. The van der Waals surface area contributed by atoms with E-state index in [2.05, 4.69) is 20.0 Å². The fourth-order valence-corrected chi connectivity index (χ4v) is 5.18. The highest BCUT2D eigenvalue weighted by molar-refractivity contribution is 5.98. The number of amides is 1. The van der Waals surface area contributed by atoms with Gasteiger partial charge in [-0.3, -0.25) is 9.59 Å². The molecule has 190 valence electrons. The minimum atomic E-state index is -0.220. The second-order valence-corrected chi connectivity index (χ2v) is 9.27. The summed E-state index contributed by atoms with van der Waals surface area (Å²) in [6.45, 7) is 4.70. The number of carbonyl (C=O) groups excluding carboxylic acids is 2. The number of hydrogen-bond acceptors (Lipinski definition) is 9. The number of piperidine rings is 2. The monoisotopic (exact) mass is 493 g/mol. The van der Waals surface area contributed by atoms with Crippen LogP contribution in [0.1, 0.15) is 32.6 Å². The molecule has 4 heterocycles. The first-order chi connectivity index (χ1) is 17.6. The standard InChI is InChI=1S/C26H31N5O5/c1-3-35-26(33)19-5-4-12-31(15-19)25(32)18-10-13-30(14-11-18)23-21-22(29-36-24(21)28-16-27-23)17-6-8-20(34-2)9-7-17/h6-9,16,18-19H,3-5,10-15H2,1-2H3/t19-/m1/s1. The maximum Gasteiger partial charge on any atom is 0.310 e. The highest BCUT2D eigenvalue weighted by atomic mass is 16.5. The van der Waals surface area contributed by atoms with E-state index in [1.165, 1.54) is 6.33 Å². The van der Waals surface area contributed by atoms with E-state index in [0.29, 0.717) is 57.0 Å². The van der Waals surface area contributed by atoms with Crippen molar-refractivity contribution >= 4 is 28.8 Å². The van der Waals surface area contributed by atoms with Crippen molar-refractivity contribution in [2.45, 2.75) is 32.6 Å². The van der Waals surface area contributed by atoms with Crippen molar-refractivity contribution in [2.24, 2.45) is 11.8 Å². The van der Waals surface area contributed by atoms with Crippen LogP contribution in [0.2, 0.25) is 0 Å². The third kappa shape index (κ3) is 4.72. The zero-order valence-electron chi connectivity index (χ0n) is 20.7. The molecule has 1 atom stereocenters. The first-order valence-corrected chi connectivity index (χ1v) is 12.5. The predicted molar refractivity (Wildman–Crippen MR) is 132 cm³/mol. The molecule has 0 unspecified atom stereocenters. The van der Waals surface area contributed by atoms with Crippen molar-refractivity contribution in [2.75, 3.05) is 44.8 Å². The number of anilines is 1. The Morgan fingerprint density at radius 1 is 1.06 bits per heavy atom. The predicted octanol–water partition coefficient (Wildman–Crippen LogP) is 3.31. The first kappa shape index (κ1) is 24.0. The van der Waals surface area contributed by atoms with E-state index in [1.54, 1.807) is 7.11 Å². The largest absolute Gasteiger partial charge is 0.497 e. The van der Waals surface area contributed by atoms with Gasteiger partial charge in [0.15, 0.2) is 0 Å². The molecule has 3 aromatic rings. The Kier molecular flexibility index (Phi) is 7.02. The number of hydrogen-bond donors (Lipinski definition) is 0. The highest BCUT2D eigenvalue weighted by Gasteiger charge is 2.34. The van der Waals surface area contributed by atoms with E-state index in [-0.39, 0.29) is 23.7 Å². The van der Waals surface area contributed by atoms with E-state index >= 15 is 0 Å². The molecule has 2 fully saturated rings. The summed E-state index contributed by atoms with van der Waals surface area (Å²) < 4.78 is 16.0. The van der Waals surface area contributed by atoms with Crippen molar-refractivity contribution in [3.8, 4) is 17.0 Å². The van der Waals surface area contributed by atoms with Gasteiger partial charge in [-0.1, -0.05) is 5.16 Å². The SMILES string of the molecule is CCOC(=O)[C@@H]1CCCN(C(=O)C2CCN(c3ncnc4onc(-c5ccc(OC)cc5)c34)CC2)C1. The Morgan fingerprint density at radius 2 is 1.83 bits per heavy atom. The van der Waals surface area contributed by atoms with Gasteiger partial charge in [0.05, 0.1) is 19.6 Å². The summed E-state index contributed by atoms with van der Waals surface area (Å²) in [5, 5.41) is 5.04. The molecule has 36 heavy (non-hydrogen) atoms. The molecule has 0 bridgehead atoms. The molecule has 0 saturated carbocycles. The average molecular weight is 494 g/mol. The molecule has 1 amide bonds. The number of methoxy groups -OCH3 is 1. The first-order valence-electron chi connectivity index (χ1n) is 12.5. The number of esters is 1. The summed E-state index contributed by atoms with van der Waals surface area (Å²) in [7, 11) is 1.63. The van der Waals surface area contributed by atoms with Crippen LogP contribution in [0.4, 0.5) is 5.82 Å². The molecule has 0 aliphatic carbocycles. The zero-order chi connectivity index (χ0) is 25.1. The second-order valence-electron chi connectivity index (χ2n) is 9.27. The van der Waals surface area contributed by atoms with Crippen molar-refractivity contribution < 1.29 is 23.6 Å². The van der Waals surface area contributed by atoms with Crippen molar-refractivity contribution in [1.82, 2.24) is 20.0 Å². The lowest BCUT2D eigenvalue weighted by Crippen LogP contribution is -2.47. The van der Waals surface area contributed by atoms with Crippen LogP contribution in [0, 0.1) is 11.8 Å². The lowest BCUT2D eigenvalue weighted by molar-refractivity contribution is -0.152. The van der Waals surface area contributed by atoms with Gasteiger partial charge in [-0.25, -0.2) is 4.98 Å². The lowest BCUT2D eigenvalue weighted by atomic mass is 9.92. The maximum atomic E-state index is 13.3. The van der Waals surface area contributed by atoms with Gasteiger partial charge >= 0.3 is 5.97 Å². The summed E-state index contributed by atoms with van der Waals surface area (Å²) in [6.07, 6.45) is 4.53. The third-order valence-electron chi connectivity index (χ3n) is 7.11. The van der Waals surface area contributed by atoms with Crippen LogP contribution in [0.3, 0.4) is 0 Å². The molecule has 10 nitrogen and oxygen atoms in total. The summed E-state index contributed by atoms with van der Waals surface area (Å²) >= 11 is 0. The Morgan fingerprint density at radius 3 is 2.56 bits per heavy atom. The third-order valence-corrected chi connectivity index (χ3v) is 7.11. The fraction of sp³-hybridized carbons (Fsp3) is 0.500. The quantitative estimate of drug-likeness (QED) is 0.478. The average Bonchev–Trinajstić information content (AvgIpc) is 3.37. The minimum Gasteiger partial charge on any atom is -0.497 e. The molecule has 2 aromatic heterocycles. The summed E-state index contributed by atoms with van der Waals surface area (Å²) in [4.78, 5) is 38.3. The smallest absolute Gasteiger partial charge is 0.310 e. The number of likely N-dealkylation sites (tertiary alicyclic amines) is 1. The molecule has 0 N–H and O–H groups in total. The molecule has 2 aliphatic heterocycles. The highest BCUT2D eigenvalue weighted by Crippen LogP contribution is 2.35. The molecule has 0 spiro atoms. The van der Waals surface area contributed by atoms with Crippen molar-refractivity contribution in [1.29, 1.82) is 0 Å². The number of rotatable bonds is 6. The van der Waals surface area contributed by atoms with E-state index in [0.717, 1.165) is 35.4 Å². The van der Waals surface area contributed by atoms with Crippen LogP contribution < -0.4 is 9.64 Å². The molecule has 2 aliphatic rings. The van der Waals surface area contributed by atoms with Gasteiger partial charge < -0.3 is 23.8 Å². The van der Waals surface area contributed by atoms with Crippen LogP contribution in [0.15, 0.2) is 35.1 Å². The van der Waals surface area contributed by atoms with Gasteiger partial charge in [0.2, 0.25) is 5.91 Å². The number of nitrogens with zero attached hydrogens (tertiary/aromatic N) is 5. The summed E-state index contributed by atoms with van der Waals surface area (Å²) in [5.41, 5.74) is 2.00. The molecule has 5 rings (SSSR count). The van der Waals surface area contributed by atoms with Crippen molar-refractivity contribution in [3.05, 3.63) is 30.6 Å².